The van der Waals surface area contributed by atoms with Crippen molar-refractivity contribution in [2.75, 3.05) is 7.05 Å². The van der Waals surface area contributed by atoms with Crippen LogP contribution in [0.1, 0.15) is 39.0 Å². The first kappa shape index (κ1) is 15.3. The monoisotopic (exact) mass is 273 g/mol. The van der Waals surface area contributed by atoms with Gasteiger partial charge >= 0.3 is 0 Å². The van der Waals surface area contributed by atoms with Gasteiger partial charge in [-0.25, -0.2) is 0 Å². The molecular formula is C13H27NOSSi. The average molecular weight is 274 g/mol. The molecule has 0 aromatic carbocycles. The second-order valence-corrected chi connectivity index (χ2v) is 11.9. The minimum atomic E-state index is -1.20. The van der Waals surface area contributed by atoms with Crippen molar-refractivity contribution in [2.45, 2.75) is 64.7 Å². The van der Waals surface area contributed by atoms with E-state index < -0.39 is 8.24 Å². The smallest absolute Gasteiger partial charge is 0.192 e. The van der Waals surface area contributed by atoms with Gasteiger partial charge in [0.2, 0.25) is 0 Å². The molecule has 1 aliphatic rings. The van der Waals surface area contributed by atoms with E-state index in [0.717, 1.165) is 32.1 Å². The van der Waals surface area contributed by atoms with E-state index in [1.165, 1.54) is 0 Å². The molecule has 0 unspecified atom stereocenters. The van der Waals surface area contributed by atoms with Crippen LogP contribution in [0.5, 0.6) is 0 Å². The van der Waals surface area contributed by atoms with Gasteiger partial charge < -0.3 is 4.57 Å². The van der Waals surface area contributed by atoms with Gasteiger partial charge in [-0.2, -0.15) is 0 Å². The van der Waals surface area contributed by atoms with E-state index in [2.05, 4.69) is 50.8 Å². The van der Waals surface area contributed by atoms with Crippen LogP contribution in [0.2, 0.25) is 19.6 Å². The van der Waals surface area contributed by atoms with Crippen LogP contribution in [-0.4, -0.2) is 31.0 Å². The van der Waals surface area contributed by atoms with E-state index >= 15 is 0 Å². The van der Waals surface area contributed by atoms with E-state index in [0.29, 0.717) is 6.04 Å². The van der Waals surface area contributed by atoms with Crippen LogP contribution in [0.15, 0.2) is 0 Å². The Morgan fingerprint density at radius 1 is 1.35 bits per heavy atom. The van der Waals surface area contributed by atoms with Crippen LogP contribution in [0.4, 0.5) is 0 Å². The summed E-state index contributed by atoms with van der Waals surface area (Å²) in [4.78, 5) is 11.7. The predicted molar refractivity (Wildman–Crippen MR) is 80.1 cm³/mol. The molecule has 1 fully saturated rings. The average Bonchev–Trinajstić information content (AvgIpc) is 2.26. The summed E-state index contributed by atoms with van der Waals surface area (Å²) in [5.41, 5.74) is -0.125. The highest BCUT2D eigenvalue weighted by Crippen LogP contribution is 2.42. The zero-order valence-electron chi connectivity index (χ0n) is 11.9. The van der Waals surface area contributed by atoms with E-state index in [4.69, 9.17) is 0 Å². The Balaban J connectivity index is 2.65. The van der Waals surface area contributed by atoms with Gasteiger partial charge in [-0.1, -0.05) is 26.6 Å². The fourth-order valence-corrected chi connectivity index (χ4v) is 4.54. The maximum atomic E-state index is 11.7. The van der Waals surface area contributed by atoms with Gasteiger partial charge in [-0.05, 0) is 39.2 Å². The molecule has 0 aliphatic heterocycles. The molecule has 0 aromatic rings. The van der Waals surface area contributed by atoms with Crippen LogP contribution in [0.25, 0.3) is 0 Å². The summed E-state index contributed by atoms with van der Waals surface area (Å²) < 4.78 is 2.59. The fraction of sp³-hybridized carbons (Fsp3) is 0.923. The Bertz CT molecular complexity index is 280. The zero-order chi connectivity index (χ0) is 13.3. The SMILES string of the molecule is CCC1(C(=O)S)CCC(N(C)[Si](C)(C)C)CC1. The van der Waals surface area contributed by atoms with Crippen molar-refractivity contribution in [3.63, 3.8) is 0 Å². The molecule has 4 heteroatoms. The number of carbonyl (C=O) groups is 1. The van der Waals surface area contributed by atoms with E-state index in [1.807, 2.05) is 0 Å². The quantitative estimate of drug-likeness (QED) is 0.624. The molecule has 0 spiro atoms. The first-order valence-electron chi connectivity index (χ1n) is 6.69. The molecular weight excluding hydrogens is 246 g/mol. The minimum Gasteiger partial charge on any atom is -0.324 e. The zero-order valence-corrected chi connectivity index (χ0v) is 13.8. The second-order valence-electron chi connectivity index (χ2n) is 6.45. The van der Waals surface area contributed by atoms with Crippen LogP contribution in [-0.2, 0) is 4.79 Å². The summed E-state index contributed by atoms with van der Waals surface area (Å²) in [7, 11) is 1.06. The van der Waals surface area contributed by atoms with Crippen LogP contribution < -0.4 is 0 Å². The van der Waals surface area contributed by atoms with E-state index in [1.54, 1.807) is 0 Å². The lowest BCUT2D eigenvalue weighted by Crippen LogP contribution is -2.51. The third kappa shape index (κ3) is 3.35. The molecule has 0 saturated heterocycles. The molecule has 0 radical (unpaired) electrons. The lowest BCUT2D eigenvalue weighted by molar-refractivity contribution is -0.121. The molecule has 100 valence electrons. The summed E-state index contributed by atoms with van der Waals surface area (Å²) in [6.45, 7) is 9.28. The number of nitrogens with zero attached hydrogens (tertiary/aromatic N) is 1. The van der Waals surface area contributed by atoms with Crippen molar-refractivity contribution in [2.24, 2.45) is 5.41 Å². The van der Waals surface area contributed by atoms with Crippen molar-refractivity contribution in [3.8, 4) is 0 Å². The molecule has 1 aliphatic carbocycles. The molecule has 0 aromatic heterocycles. The highest BCUT2D eigenvalue weighted by Gasteiger charge is 2.40. The molecule has 0 atom stereocenters. The number of thiol groups is 1. The first-order valence-corrected chi connectivity index (χ1v) is 10.6. The minimum absolute atomic E-state index is 0.106. The van der Waals surface area contributed by atoms with Crippen LogP contribution in [0, 0.1) is 5.41 Å². The number of rotatable bonds is 4. The number of hydrogen-bond donors (Lipinski definition) is 1. The summed E-state index contributed by atoms with van der Waals surface area (Å²) in [5.74, 6) is 0. The molecule has 1 saturated carbocycles. The third-order valence-electron chi connectivity index (χ3n) is 4.65. The van der Waals surface area contributed by atoms with Gasteiger partial charge in [0.05, 0.1) is 0 Å². The fourth-order valence-electron chi connectivity index (χ4n) is 2.81. The molecule has 1 rings (SSSR count). The highest BCUT2D eigenvalue weighted by molar-refractivity contribution is 7.96. The van der Waals surface area contributed by atoms with Gasteiger partial charge in [-0.15, -0.1) is 12.6 Å². The van der Waals surface area contributed by atoms with Crippen molar-refractivity contribution >= 4 is 26.0 Å². The molecule has 0 amide bonds. The highest BCUT2D eigenvalue weighted by atomic mass is 32.1. The lowest BCUT2D eigenvalue weighted by Gasteiger charge is -2.44. The first-order chi connectivity index (χ1) is 7.73. The predicted octanol–water partition coefficient (Wildman–Crippen LogP) is 3.55. The maximum Gasteiger partial charge on any atom is 0.192 e. The van der Waals surface area contributed by atoms with E-state index in [-0.39, 0.29) is 10.5 Å². The van der Waals surface area contributed by atoms with Gasteiger partial charge in [0.1, 0.15) is 8.24 Å². The molecule has 0 bridgehead atoms. The molecule has 0 N–H and O–H groups in total. The van der Waals surface area contributed by atoms with E-state index in [9.17, 15) is 4.79 Å². The van der Waals surface area contributed by atoms with Crippen molar-refractivity contribution in [3.05, 3.63) is 0 Å². The summed E-state index contributed by atoms with van der Waals surface area (Å²) >= 11 is 4.10. The molecule has 17 heavy (non-hydrogen) atoms. The van der Waals surface area contributed by atoms with Gasteiger partial charge in [0.25, 0.3) is 0 Å². The van der Waals surface area contributed by atoms with Crippen LogP contribution in [0.3, 0.4) is 0 Å². The summed E-state index contributed by atoms with van der Waals surface area (Å²) in [6.07, 6.45) is 5.29. The Hall–Kier alpha value is 0.197. The largest absolute Gasteiger partial charge is 0.324 e. The van der Waals surface area contributed by atoms with Gasteiger partial charge in [0, 0.05) is 11.5 Å². The van der Waals surface area contributed by atoms with Gasteiger partial charge in [0.15, 0.2) is 5.12 Å². The van der Waals surface area contributed by atoms with Gasteiger partial charge in [-0.3, -0.25) is 4.79 Å². The summed E-state index contributed by atoms with van der Waals surface area (Å²) in [5, 5.41) is 0.106. The maximum absolute atomic E-state index is 11.7. The van der Waals surface area contributed by atoms with Crippen molar-refractivity contribution < 1.29 is 4.79 Å². The standard InChI is InChI=1S/C13H27NOSSi/c1-6-13(12(15)16)9-7-11(8-10-13)14(2)17(3,4)5/h11H,6-10H2,1-5H3,(H,15,16). The number of carbonyl (C=O) groups excluding carboxylic acids is 1. The molecule has 2 nitrogen and oxygen atoms in total. The Morgan fingerprint density at radius 3 is 2.12 bits per heavy atom. The Kier molecular flexibility index (Phi) is 4.89. The lowest BCUT2D eigenvalue weighted by atomic mass is 9.71. The molecule has 0 heterocycles. The third-order valence-corrected chi connectivity index (χ3v) is 7.60. The van der Waals surface area contributed by atoms with Crippen molar-refractivity contribution in [1.29, 1.82) is 0 Å². The Labute approximate surface area is 113 Å². The normalized spacial score (nSPS) is 30.6. The van der Waals surface area contributed by atoms with Crippen molar-refractivity contribution in [1.82, 2.24) is 4.57 Å². The second kappa shape index (κ2) is 5.45. The summed E-state index contributed by atoms with van der Waals surface area (Å²) in [6, 6.07) is 0.675. The number of hydrogen-bond acceptors (Lipinski definition) is 2. The Morgan fingerprint density at radius 2 is 1.82 bits per heavy atom. The van der Waals surface area contributed by atoms with Crippen LogP contribution >= 0.6 is 12.6 Å². The topological polar surface area (TPSA) is 20.3 Å².